The van der Waals surface area contributed by atoms with Crippen molar-refractivity contribution in [3.63, 3.8) is 0 Å². The fourth-order valence-electron chi connectivity index (χ4n) is 4.62. The van der Waals surface area contributed by atoms with Crippen molar-refractivity contribution in [2.45, 2.75) is 52.0 Å². The molecule has 1 fully saturated rings. The molecule has 3 rings (SSSR count). The van der Waals surface area contributed by atoms with Gasteiger partial charge in [0.1, 0.15) is 5.76 Å². The number of non-ortho nitro benzene ring substituents is 1. The van der Waals surface area contributed by atoms with Gasteiger partial charge < -0.3 is 14.9 Å². The number of likely N-dealkylation sites (tertiary alicyclic amines) is 1. The van der Waals surface area contributed by atoms with Gasteiger partial charge in [-0.1, -0.05) is 68.6 Å². The number of carbonyl (C=O) groups is 2. The van der Waals surface area contributed by atoms with Gasteiger partial charge in [0.25, 0.3) is 17.4 Å². The van der Waals surface area contributed by atoms with Crippen LogP contribution in [0.25, 0.3) is 5.76 Å². The highest BCUT2D eigenvalue weighted by Gasteiger charge is 2.46. The van der Waals surface area contributed by atoms with Crippen LogP contribution in [0.3, 0.4) is 0 Å². The summed E-state index contributed by atoms with van der Waals surface area (Å²) in [6, 6.07) is 11.4. The van der Waals surface area contributed by atoms with E-state index in [9.17, 15) is 24.8 Å². The molecule has 0 radical (unpaired) electrons. The molecule has 2 aromatic rings. The highest BCUT2D eigenvalue weighted by Crippen LogP contribution is 2.42. The molecule has 0 spiro atoms. The number of rotatable bonds is 13. The Bertz CT molecular complexity index is 1160. The van der Waals surface area contributed by atoms with Crippen LogP contribution in [0.4, 0.5) is 5.69 Å². The average Bonchev–Trinajstić information content (AvgIpc) is 3.14. The van der Waals surface area contributed by atoms with E-state index in [1.807, 2.05) is 0 Å². The standard InChI is InChI=1S/C28H34ClN3O5/c1-3-5-15-30(16-6-4-2)17-10-18-31-25(22-13-7-8-14-23(22)29)24(27(34)28(31)35)26(33)20-11-9-12-21(19-20)32(36)37/h7-9,11-14,19,25,33H,3-6,10,15-18H2,1-2H3/t25-/m0/s1. The number of halogens is 1. The van der Waals surface area contributed by atoms with Gasteiger partial charge in [0.05, 0.1) is 16.5 Å². The van der Waals surface area contributed by atoms with Crippen molar-refractivity contribution in [3.05, 3.63) is 80.4 Å². The number of Topliss-reactive ketones (excluding diaryl/α,β-unsaturated/α-hetero) is 1. The quantitative estimate of drug-likeness (QED) is 0.113. The molecule has 9 heteroatoms. The molecule has 0 unspecified atom stereocenters. The minimum atomic E-state index is -0.896. The van der Waals surface area contributed by atoms with Crippen LogP contribution in [0.5, 0.6) is 0 Å². The Hall–Kier alpha value is -3.23. The summed E-state index contributed by atoms with van der Waals surface area (Å²) in [6.45, 7) is 7.36. The van der Waals surface area contributed by atoms with Crippen molar-refractivity contribution in [2.75, 3.05) is 26.2 Å². The maximum Gasteiger partial charge on any atom is 0.295 e. The number of nitrogens with zero attached hydrogens (tertiary/aromatic N) is 3. The first-order valence-electron chi connectivity index (χ1n) is 12.8. The lowest BCUT2D eigenvalue weighted by atomic mass is 9.95. The van der Waals surface area contributed by atoms with Gasteiger partial charge in [0, 0.05) is 29.3 Å². The van der Waals surface area contributed by atoms with E-state index in [1.165, 1.54) is 29.2 Å². The Morgan fingerprint density at radius 3 is 2.30 bits per heavy atom. The summed E-state index contributed by atoms with van der Waals surface area (Å²) in [5.74, 6) is -2.00. The molecule has 37 heavy (non-hydrogen) atoms. The van der Waals surface area contributed by atoms with E-state index >= 15 is 0 Å². The summed E-state index contributed by atoms with van der Waals surface area (Å²) in [6.07, 6.45) is 5.04. The molecule has 1 amide bonds. The van der Waals surface area contributed by atoms with Crippen LogP contribution in [0.1, 0.15) is 63.1 Å². The number of carbonyl (C=O) groups excluding carboxylic acids is 2. The van der Waals surface area contributed by atoms with Crippen molar-refractivity contribution in [1.82, 2.24) is 9.80 Å². The van der Waals surface area contributed by atoms with Gasteiger partial charge in [0.2, 0.25) is 0 Å². The van der Waals surface area contributed by atoms with Crippen LogP contribution >= 0.6 is 11.6 Å². The van der Waals surface area contributed by atoms with Crippen LogP contribution in [0, 0.1) is 10.1 Å². The molecule has 198 valence electrons. The molecule has 1 N–H and O–H groups in total. The number of benzene rings is 2. The lowest BCUT2D eigenvalue weighted by Crippen LogP contribution is -2.34. The van der Waals surface area contributed by atoms with E-state index in [1.54, 1.807) is 24.3 Å². The van der Waals surface area contributed by atoms with E-state index in [0.717, 1.165) is 45.3 Å². The van der Waals surface area contributed by atoms with Crippen LogP contribution in [0.15, 0.2) is 54.1 Å². The molecule has 0 bridgehead atoms. The second-order valence-electron chi connectivity index (χ2n) is 9.22. The summed E-state index contributed by atoms with van der Waals surface area (Å²) in [5, 5.41) is 22.8. The van der Waals surface area contributed by atoms with E-state index in [-0.39, 0.29) is 16.8 Å². The fourth-order valence-corrected chi connectivity index (χ4v) is 4.86. The Balaban J connectivity index is 1.97. The van der Waals surface area contributed by atoms with Gasteiger partial charge in [0.15, 0.2) is 0 Å². The normalized spacial score (nSPS) is 17.1. The van der Waals surface area contributed by atoms with Crippen molar-refractivity contribution < 1.29 is 19.6 Å². The molecular formula is C28H34ClN3O5. The molecule has 0 aliphatic carbocycles. The molecule has 1 heterocycles. The topological polar surface area (TPSA) is 104 Å². The van der Waals surface area contributed by atoms with E-state index < -0.39 is 28.4 Å². The molecule has 1 saturated heterocycles. The van der Waals surface area contributed by atoms with Gasteiger partial charge in [-0.05, 0) is 50.5 Å². The lowest BCUT2D eigenvalue weighted by Gasteiger charge is -2.28. The molecule has 8 nitrogen and oxygen atoms in total. The number of nitro benzene ring substituents is 1. The van der Waals surface area contributed by atoms with Gasteiger partial charge in [-0.2, -0.15) is 0 Å². The van der Waals surface area contributed by atoms with Crippen LogP contribution in [-0.2, 0) is 9.59 Å². The third-order valence-corrected chi connectivity index (χ3v) is 6.94. The minimum absolute atomic E-state index is 0.0922. The number of unbranched alkanes of at least 4 members (excludes halogenated alkanes) is 2. The summed E-state index contributed by atoms with van der Waals surface area (Å²) in [7, 11) is 0. The number of nitro groups is 1. The zero-order chi connectivity index (χ0) is 26.9. The lowest BCUT2D eigenvalue weighted by molar-refractivity contribution is -0.384. The molecular weight excluding hydrogens is 494 g/mol. The molecule has 1 atom stereocenters. The predicted molar refractivity (Wildman–Crippen MR) is 144 cm³/mol. The minimum Gasteiger partial charge on any atom is -0.507 e. The van der Waals surface area contributed by atoms with Crippen LogP contribution in [-0.4, -0.2) is 57.7 Å². The first-order valence-corrected chi connectivity index (χ1v) is 13.2. The van der Waals surface area contributed by atoms with Crippen LogP contribution in [0.2, 0.25) is 5.02 Å². The highest BCUT2D eigenvalue weighted by atomic mass is 35.5. The van der Waals surface area contributed by atoms with Crippen molar-refractivity contribution >= 4 is 34.7 Å². The summed E-state index contributed by atoms with van der Waals surface area (Å²) < 4.78 is 0. The molecule has 0 saturated carbocycles. The largest absolute Gasteiger partial charge is 0.507 e. The van der Waals surface area contributed by atoms with Gasteiger partial charge in [-0.3, -0.25) is 19.7 Å². The maximum absolute atomic E-state index is 13.2. The monoisotopic (exact) mass is 527 g/mol. The summed E-state index contributed by atoms with van der Waals surface area (Å²) >= 11 is 6.50. The highest BCUT2D eigenvalue weighted by molar-refractivity contribution is 6.47. The third-order valence-electron chi connectivity index (χ3n) is 6.60. The second kappa shape index (κ2) is 13.4. The zero-order valence-electron chi connectivity index (χ0n) is 21.4. The van der Waals surface area contributed by atoms with Gasteiger partial charge in [-0.15, -0.1) is 0 Å². The Labute approximate surface area is 222 Å². The number of ketones is 1. The smallest absolute Gasteiger partial charge is 0.295 e. The first kappa shape index (κ1) is 28.3. The molecule has 1 aliphatic heterocycles. The average molecular weight is 528 g/mol. The zero-order valence-corrected chi connectivity index (χ0v) is 22.1. The summed E-state index contributed by atoms with van der Waals surface area (Å²) in [5.41, 5.74) is 0.262. The first-order chi connectivity index (χ1) is 17.8. The Kier molecular flexibility index (Phi) is 10.2. The Morgan fingerprint density at radius 1 is 1.03 bits per heavy atom. The SMILES string of the molecule is CCCCN(CCCC)CCCN1C(=O)C(=O)C(=C(O)c2cccc([N+](=O)[O-])c2)[C@@H]1c1ccccc1Cl. The van der Waals surface area contributed by atoms with E-state index in [0.29, 0.717) is 23.6 Å². The van der Waals surface area contributed by atoms with Gasteiger partial charge >= 0.3 is 0 Å². The predicted octanol–water partition coefficient (Wildman–Crippen LogP) is 5.96. The van der Waals surface area contributed by atoms with E-state index in [4.69, 9.17) is 11.6 Å². The summed E-state index contributed by atoms with van der Waals surface area (Å²) in [4.78, 5) is 41.0. The fraction of sp³-hybridized carbons (Fsp3) is 0.429. The number of aliphatic hydroxyl groups excluding tert-OH is 1. The second-order valence-corrected chi connectivity index (χ2v) is 9.63. The van der Waals surface area contributed by atoms with Crippen molar-refractivity contribution in [3.8, 4) is 0 Å². The van der Waals surface area contributed by atoms with Crippen molar-refractivity contribution in [1.29, 1.82) is 0 Å². The molecule has 2 aromatic carbocycles. The third kappa shape index (κ3) is 6.76. The number of hydrogen-bond donors (Lipinski definition) is 1. The molecule has 0 aromatic heterocycles. The van der Waals surface area contributed by atoms with E-state index in [2.05, 4.69) is 18.7 Å². The van der Waals surface area contributed by atoms with Crippen molar-refractivity contribution in [2.24, 2.45) is 0 Å². The van der Waals surface area contributed by atoms with Crippen LogP contribution < -0.4 is 0 Å². The number of hydrogen-bond acceptors (Lipinski definition) is 6. The number of aliphatic hydroxyl groups is 1. The maximum atomic E-state index is 13.2. The van der Waals surface area contributed by atoms with Gasteiger partial charge in [-0.25, -0.2) is 0 Å². The Morgan fingerprint density at radius 2 is 1.68 bits per heavy atom. The number of amides is 1. The molecule has 1 aliphatic rings.